The summed E-state index contributed by atoms with van der Waals surface area (Å²) in [5.74, 6) is 2.49. The lowest BCUT2D eigenvalue weighted by Crippen LogP contribution is -2.49. The Hall–Kier alpha value is -0.465. The molecule has 2 nitrogen and oxygen atoms in total. The fourth-order valence-electron chi connectivity index (χ4n) is 4.94. The second-order valence-electron chi connectivity index (χ2n) is 7.64. The largest absolute Gasteiger partial charge is 0.337 e. The Bertz CT molecular complexity index is 373. The van der Waals surface area contributed by atoms with Gasteiger partial charge in [0.1, 0.15) is 7.28 Å². The molecule has 0 aromatic carbocycles. The predicted molar refractivity (Wildman–Crippen MR) is 79.4 cm³/mol. The Labute approximate surface area is 118 Å². The van der Waals surface area contributed by atoms with Gasteiger partial charge < -0.3 is 4.90 Å². The van der Waals surface area contributed by atoms with Crippen molar-refractivity contribution in [3.63, 3.8) is 0 Å². The van der Waals surface area contributed by atoms with Crippen LogP contribution in [0.2, 0.25) is 11.1 Å². The van der Waals surface area contributed by atoms with Crippen molar-refractivity contribution in [2.24, 2.45) is 11.8 Å². The van der Waals surface area contributed by atoms with Crippen LogP contribution in [0.25, 0.3) is 0 Å². The summed E-state index contributed by atoms with van der Waals surface area (Å²) in [4.78, 5) is 14.5. The molecule has 0 spiro atoms. The minimum absolute atomic E-state index is 0.372. The number of nitrogens with zero attached hydrogens (tertiary/aromatic N) is 1. The van der Waals surface area contributed by atoms with Gasteiger partial charge in [0.25, 0.3) is 0 Å². The molecule has 0 N–H and O–H groups in total. The van der Waals surface area contributed by atoms with Crippen LogP contribution < -0.4 is 0 Å². The van der Waals surface area contributed by atoms with E-state index in [9.17, 15) is 4.79 Å². The highest BCUT2D eigenvalue weighted by Crippen LogP contribution is 2.63. The molecule has 0 aromatic heterocycles. The summed E-state index contributed by atoms with van der Waals surface area (Å²) in [5, 5.41) is 0.504. The average Bonchev–Trinajstić information content (AvgIpc) is 2.52. The Morgan fingerprint density at radius 2 is 2.00 bits per heavy atom. The summed E-state index contributed by atoms with van der Waals surface area (Å²) in [6.45, 7) is 9.07. The smallest absolute Gasteiger partial charge is 0.223 e. The maximum atomic E-state index is 12.3. The van der Waals surface area contributed by atoms with Gasteiger partial charge >= 0.3 is 0 Å². The number of hydrogen-bond acceptors (Lipinski definition) is 1. The summed E-state index contributed by atoms with van der Waals surface area (Å²) in [5.41, 5.74) is 0. The molecular weight excluding hydrogens is 233 g/mol. The van der Waals surface area contributed by atoms with Gasteiger partial charge in [0, 0.05) is 18.5 Å². The Kier molecular flexibility index (Phi) is 3.22. The molecule has 1 radical (unpaired) electrons. The topological polar surface area (TPSA) is 20.3 Å². The van der Waals surface area contributed by atoms with E-state index >= 15 is 0 Å². The molecule has 4 rings (SSSR count). The zero-order valence-electron chi connectivity index (χ0n) is 12.9. The van der Waals surface area contributed by atoms with Crippen molar-refractivity contribution in [3.05, 3.63) is 0 Å². The van der Waals surface area contributed by atoms with E-state index in [1.54, 1.807) is 0 Å². The summed E-state index contributed by atoms with van der Waals surface area (Å²) in [6, 6.07) is 0.899. The van der Waals surface area contributed by atoms with Gasteiger partial charge in [-0.1, -0.05) is 44.2 Å². The van der Waals surface area contributed by atoms with Crippen molar-refractivity contribution < 1.29 is 4.79 Å². The summed E-state index contributed by atoms with van der Waals surface area (Å²) < 4.78 is 0. The molecule has 3 aliphatic heterocycles. The van der Waals surface area contributed by atoms with Gasteiger partial charge in [0.15, 0.2) is 0 Å². The first kappa shape index (κ1) is 13.5. The number of amides is 1. The van der Waals surface area contributed by atoms with Crippen LogP contribution in [0.15, 0.2) is 0 Å². The first-order valence-corrected chi connectivity index (χ1v) is 8.12. The molecule has 4 aliphatic rings. The molecule has 0 aromatic rings. The number of rotatable bonds is 2. The molecule has 3 heterocycles. The van der Waals surface area contributed by atoms with Crippen molar-refractivity contribution in [2.45, 2.75) is 83.0 Å². The Morgan fingerprint density at radius 3 is 2.58 bits per heavy atom. The summed E-state index contributed by atoms with van der Waals surface area (Å²) >= 11 is 0. The van der Waals surface area contributed by atoms with Crippen LogP contribution in [0, 0.1) is 11.8 Å². The van der Waals surface area contributed by atoms with Crippen molar-refractivity contribution in [1.29, 1.82) is 0 Å². The maximum absolute atomic E-state index is 12.3. The van der Waals surface area contributed by atoms with E-state index < -0.39 is 0 Å². The van der Waals surface area contributed by atoms with E-state index in [1.807, 2.05) is 0 Å². The summed E-state index contributed by atoms with van der Waals surface area (Å²) in [7, 11) is 2.63. The standard InChI is InChI=1S/C16H27BNO/c1-10(2)16-7-5-6-14-12(13(9-16)17-16)8-15(19)18(14)11(3)4/h10-14H,5-9H2,1-4H3. The summed E-state index contributed by atoms with van der Waals surface area (Å²) in [6.07, 6.45) is 6.00. The number of carbonyl (C=O) groups excluding carboxylic acids is 1. The van der Waals surface area contributed by atoms with Crippen LogP contribution in [0.4, 0.5) is 0 Å². The Morgan fingerprint density at radius 1 is 1.32 bits per heavy atom. The molecular formula is C16H27BNO. The third kappa shape index (κ3) is 1.95. The molecule has 19 heavy (non-hydrogen) atoms. The first-order chi connectivity index (χ1) is 8.94. The van der Waals surface area contributed by atoms with Crippen molar-refractivity contribution >= 4 is 13.2 Å². The highest BCUT2D eigenvalue weighted by atomic mass is 16.2. The molecule has 105 valence electrons. The van der Waals surface area contributed by atoms with Gasteiger partial charge in [-0.25, -0.2) is 0 Å². The lowest BCUT2D eigenvalue weighted by Gasteiger charge is -2.55. The second-order valence-corrected chi connectivity index (χ2v) is 7.64. The zero-order valence-corrected chi connectivity index (χ0v) is 12.9. The molecule has 1 saturated carbocycles. The molecule has 1 aliphatic carbocycles. The van der Waals surface area contributed by atoms with Gasteiger partial charge in [0.2, 0.25) is 5.91 Å². The lowest BCUT2D eigenvalue weighted by atomic mass is 9.25. The minimum Gasteiger partial charge on any atom is -0.337 e. The van der Waals surface area contributed by atoms with Crippen LogP contribution in [-0.2, 0) is 4.79 Å². The molecule has 4 atom stereocenters. The highest BCUT2D eigenvalue weighted by molar-refractivity contribution is 6.46. The van der Waals surface area contributed by atoms with E-state index in [4.69, 9.17) is 0 Å². The third-order valence-corrected chi connectivity index (χ3v) is 6.11. The first-order valence-electron chi connectivity index (χ1n) is 8.12. The Balaban J connectivity index is 1.79. The van der Waals surface area contributed by atoms with Crippen LogP contribution in [-0.4, -0.2) is 30.2 Å². The van der Waals surface area contributed by atoms with Crippen LogP contribution in [0.3, 0.4) is 0 Å². The lowest BCUT2D eigenvalue weighted by molar-refractivity contribution is -0.130. The maximum Gasteiger partial charge on any atom is 0.223 e. The number of fused-ring (bicyclic) bond motifs is 2. The number of hydrogen-bond donors (Lipinski definition) is 0. The minimum atomic E-state index is 0.372. The van der Waals surface area contributed by atoms with E-state index in [2.05, 4.69) is 39.9 Å². The van der Waals surface area contributed by atoms with Crippen molar-refractivity contribution in [2.75, 3.05) is 0 Å². The van der Waals surface area contributed by atoms with Crippen molar-refractivity contribution in [3.8, 4) is 0 Å². The number of carbonyl (C=O) groups is 1. The molecule has 3 heteroatoms. The van der Waals surface area contributed by atoms with E-state index in [1.165, 1.54) is 25.7 Å². The molecule has 3 saturated heterocycles. The normalized spacial score (nSPS) is 41.7. The average molecular weight is 260 g/mol. The third-order valence-electron chi connectivity index (χ3n) is 6.11. The van der Waals surface area contributed by atoms with E-state index in [0.717, 1.165) is 12.3 Å². The van der Waals surface area contributed by atoms with Gasteiger partial charge in [-0.2, -0.15) is 0 Å². The van der Waals surface area contributed by atoms with Gasteiger partial charge in [0.05, 0.1) is 0 Å². The zero-order chi connectivity index (χ0) is 13.8. The molecule has 4 unspecified atom stereocenters. The monoisotopic (exact) mass is 260 g/mol. The SMILES string of the molecule is CC(C)N1C(=O)CC2C3[B]C(C(C)C)(CCCC21)C3. The quantitative estimate of drug-likeness (QED) is 0.696. The van der Waals surface area contributed by atoms with E-state index in [-0.39, 0.29) is 0 Å². The molecule has 1 amide bonds. The van der Waals surface area contributed by atoms with Gasteiger partial charge in [-0.3, -0.25) is 4.79 Å². The fraction of sp³-hybridized carbons (Fsp3) is 0.938. The van der Waals surface area contributed by atoms with E-state index in [0.29, 0.717) is 35.0 Å². The van der Waals surface area contributed by atoms with Gasteiger partial charge in [-0.15, -0.1) is 0 Å². The fourth-order valence-corrected chi connectivity index (χ4v) is 4.94. The van der Waals surface area contributed by atoms with Gasteiger partial charge in [-0.05, 0) is 32.1 Å². The molecule has 4 fully saturated rings. The van der Waals surface area contributed by atoms with Crippen LogP contribution in [0.1, 0.15) is 59.8 Å². The number of likely N-dealkylation sites (tertiary alicyclic amines) is 1. The highest BCUT2D eigenvalue weighted by Gasteiger charge is 2.55. The predicted octanol–water partition coefficient (Wildman–Crippen LogP) is 3.51. The van der Waals surface area contributed by atoms with Crippen LogP contribution in [0.5, 0.6) is 0 Å². The van der Waals surface area contributed by atoms with Crippen molar-refractivity contribution in [1.82, 2.24) is 4.90 Å². The van der Waals surface area contributed by atoms with Crippen LogP contribution >= 0.6 is 0 Å². The molecule has 2 bridgehead atoms. The second kappa shape index (κ2) is 4.53.